The SMILES string of the molecule is COc1ccccc1N(CN1C(=O)[C@@H]2[C@H]3C=C[C@@H]([C@@H]4C[C@@H]34)[C@@H]2C1=O)C(=O)c1ccc(Cl)cc1. The number of carbonyl (C=O) groups excluding carboxylic acids is 3. The number of hydrogen-bond donors (Lipinski definition) is 0. The number of rotatable bonds is 5. The molecule has 3 fully saturated rings. The molecule has 2 saturated carbocycles. The van der Waals surface area contributed by atoms with Crippen LogP contribution in [0.25, 0.3) is 0 Å². The monoisotopic (exact) mass is 462 g/mol. The first-order chi connectivity index (χ1) is 16.0. The first kappa shape index (κ1) is 20.5. The fraction of sp³-hybridized carbons (Fsp3) is 0.346. The van der Waals surface area contributed by atoms with Gasteiger partial charge >= 0.3 is 0 Å². The second kappa shape index (κ2) is 7.45. The zero-order valence-electron chi connectivity index (χ0n) is 18.1. The predicted molar refractivity (Wildman–Crippen MR) is 123 cm³/mol. The third-order valence-corrected chi connectivity index (χ3v) is 8.00. The number of halogens is 1. The van der Waals surface area contributed by atoms with Crippen LogP contribution in [0.4, 0.5) is 5.69 Å². The van der Waals surface area contributed by atoms with Gasteiger partial charge in [0.2, 0.25) is 11.8 Å². The number of ether oxygens (including phenoxy) is 1. The van der Waals surface area contributed by atoms with E-state index in [-0.39, 0.29) is 48.1 Å². The van der Waals surface area contributed by atoms with E-state index in [4.69, 9.17) is 16.3 Å². The van der Waals surface area contributed by atoms with E-state index in [1.807, 2.05) is 6.07 Å². The third-order valence-electron chi connectivity index (χ3n) is 7.75. The highest BCUT2D eigenvalue weighted by atomic mass is 35.5. The molecule has 3 amide bonds. The Morgan fingerprint density at radius 3 is 2.21 bits per heavy atom. The molecule has 1 heterocycles. The molecule has 7 heteroatoms. The summed E-state index contributed by atoms with van der Waals surface area (Å²) >= 11 is 6.01. The van der Waals surface area contributed by atoms with Gasteiger partial charge in [-0.2, -0.15) is 0 Å². The molecule has 168 valence electrons. The molecule has 6 atom stereocenters. The average Bonchev–Trinajstić information content (AvgIpc) is 3.62. The van der Waals surface area contributed by atoms with Gasteiger partial charge in [-0.1, -0.05) is 35.9 Å². The molecule has 0 spiro atoms. The van der Waals surface area contributed by atoms with Crippen molar-refractivity contribution in [2.75, 3.05) is 18.7 Å². The highest BCUT2D eigenvalue weighted by molar-refractivity contribution is 6.30. The number of amides is 3. The van der Waals surface area contributed by atoms with Crippen molar-refractivity contribution in [1.82, 2.24) is 4.90 Å². The summed E-state index contributed by atoms with van der Waals surface area (Å²) in [6.45, 7) is -0.152. The van der Waals surface area contributed by atoms with E-state index in [1.165, 1.54) is 16.9 Å². The van der Waals surface area contributed by atoms with Gasteiger partial charge in [-0.15, -0.1) is 0 Å². The largest absolute Gasteiger partial charge is 0.495 e. The molecule has 1 saturated heterocycles. The summed E-state index contributed by atoms with van der Waals surface area (Å²) in [6, 6.07) is 13.7. The van der Waals surface area contributed by atoms with Gasteiger partial charge in [0.05, 0.1) is 24.6 Å². The average molecular weight is 463 g/mol. The van der Waals surface area contributed by atoms with Crippen molar-refractivity contribution in [3.05, 3.63) is 71.3 Å². The highest BCUT2D eigenvalue weighted by Gasteiger charge is 2.67. The second-order valence-electron chi connectivity index (χ2n) is 9.31. The minimum Gasteiger partial charge on any atom is -0.495 e. The van der Waals surface area contributed by atoms with Gasteiger partial charge in [-0.05, 0) is 66.5 Å². The van der Waals surface area contributed by atoms with Crippen LogP contribution in [-0.4, -0.2) is 36.4 Å². The van der Waals surface area contributed by atoms with Crippen molar-refractivity contribution in [3.63, 3.8) is 0 Å². The van der Waals surface area contributed by atoms with E-state index in [9.17, 15) is 14.4 Å². The number of carbonyl (C=O) groups is 3. The Kier molecular flexibility index (Phi) is 4.63. The number of anilines is 1. The first-order valence-electron chi connectivity index (χ1n) is 11.2. The molecule has 7 rings (SSSR count). The van der Waals surface area contributed by atoms with E-state index in [0.29, 0.717) is 33.9 Å². The van der Waals surface area contributed by atoms with Crippen molar-refractivity contribution in [2.45, 2.75) is 6.42 Å². The molecule has 0 unspecified atom stereocenters. The zero-order chi connectivity index (χ0) is 22.9. The Morgan fingerprint density at radius 2 is 1.61 bits per heavy atom. The third kappa shape index (κ3) is 3.04. The minimum absolute atomic E-state index is 0.137. The fourth-order valence-electron chi connectivity index (χ4n) is 6.15. The molecule has 33 heavy (non-hydrogen) atoms. The molecule has 6 nitrogen and oxygen atoms in total. The number of nitrogens with zero attached hydrogens (tertiary/aromatic N) is 2. The summed E-state index contributed by atoms with van der Waals surface area (Å²) in [5.74, 6) is 0.531. The molecule has 2 bridgehead atoms. The molecule has 2 aromatic carbocycles. The van der Waals surface area contributed by atoms with E-state index in [2.05, 4.69) is 12.2 Å². The molecule has 0 N–H and O–H groups in total. The summed E-state index contributed by atoms with van der Waals surface area (Å²) in [7, 11) is 1.53. The summed E-state index contributed by atoms with van der Waals surface area (Å²) in [5.41, 5.74) is 0.907. The lowest BCUT2D eigenvalue weighted by Gasteiger charge is -2.37. The molecule has 4 aliphatic carbocycles. The van der Waals surface area contributed by atoms with Gasteiger partial charge in [0.25, 0.3) is 5.91 Å². The maximum absolute atomic E-state index is 13.6. The number of methoxy groups -OCH3 is 1. The van der Waals surface area contributed by atoms with Gasteiger partial charge in [0.15, 0.2) is 0 Å². The summed E-state index contributed by atoms with van der Waals surface area (Å²) < 4.78 is 5.49. The van der Waals surface area contributed by atoms with Crippen LogP contribution in [0.2, 0.25) is 5.02 Å². The van der Waals surface area contributed by atoms with E-state index < -0.39 is 0 Å². The van der Waals surface area contributed by atoms with Gasteiger partial charge in [-0.25, -0.2) is 0 Å². The van der Waals surface area contributed by atoms with Crippen molar-refractivity contribution >= 4 is 35.0 Å². The van der Waals surface area contributed by atoms with E-state index in [1.54, 1.807) is 42.5 Å². The number of para-hydroxylation sites is 2. The lowest BCUT2D eigenvalue weighted by atomic mass is 9.63. The number of hydrogen-bond acceptors (Lipinski definition) is 4. The Labute approximate surface area is 196 Å². The van der Waals surface area contributed by atoms with Gasteiger partial charge in [-0.3, -0.25) is 24.2 Å². The number of allylic oxidation sites excluding steroid dienone is 2. The quantitative estimate of drug-likeness (QED) is 0.497. The molecule has 5 aliphatic rings. The van der Waals surface area contributed by atoms with Crippen LogP contribution in [0.15, 0.2) is 60.7 Å². The standard InChI is InChI=1S/C26H23ClN2O4/c1-33-21-5-3-2-4-20(21)28(24(30)14-6-8-15(27)9-7-14)13-29-25(31)22-16-10-11-17(19-12-18(16)19)23(22)26(29)32/h2-11,16-19,22-23H,12-13H2,1H3/t16-,17-,18-,19-,22-,23+/m0/s1. The van der Waals surface area contributed by atoms with Crippen molar-refractivity contribution in [2.24, 2.45) is 35.5 Å². The van der Waals surface area contributed by atoms with Crippen LogP contribution in [0.1, 0.15) is 16.8 Å². The lowest BCUT2D eigenvalue weighted by molar-refractivity contribution is -0.140. The molecule has 0 radical (unpaired) electrons. The zero-order valence-corrected chi connectivity index (χ0v) is 18.8. The fourth-order valence-corrected chi connectivity index (χ4v) is 6.28. The van der Waals surface area contributed by atoms with Crippen molar-refractivity contribution in [3.8, 4) is 5.75 Å². The normalized spacial score (nSPS) is 30.8. The Bertz CT molecular complexity index is 1160. The smallest absolute Gasteiger partial charge is 0.259 e. The lowest BCUT2D eigenvalue weighted by Crippen LogP contribution is -2.45. The van der Waals surface area contributed by atoms with Crippen molar-refractivity contribution in [1.29, 1.82) is 0 Å². The minimum atomic E-state index is -0.337. The molecule has 2 aromatic rings. The number of benzene rings is 2. The van der Waals surface area contributed by atoms with Crippen LogP contribution in [0.3, 0.4) is 0 Å². The number of imide groups is 1. The summed E-state index contributed by atoms with van der Waals surface area (Å²) in [5, 5.41) is 0.519. The molecular weight excluding hydrogens is 440 g/mol. The van der Waals surface area contributed by atoms with Gasteiger partial charge in [0.1, 0.15) is 12.4 Å². The van der Waals surface area contributed by atoms with Crippen LogP contribution < -0.4 is 9.64 Å². The number of likely N-dealkylation sites (tertiary alicyclic amines) is 1. The van der Waals surface area contributed by atoms with Gasteiger partial charge in [0, 0.05) is 10.6 Å². The second-order valence-corrected chi connectivity index (χ2v) is 9.75. The van der Waals surface area contributed by atoms with E-state index >= 15 is 0 Å². The van der Waals surface area contributed by atoms with E-state index in [0.717, 1.165) is 6.42 Å². The predicted octanol–water partition coefficient (Wildman–Crippen LogP) is 4.01. The maximum Gasteiger partial charge on any atom is 0.259 e. The Morgan fingerprint density at radius 1 is 1.00 bits per heavy atom. The maximum atomic E-state index is 13.6. The Hall–Kier alpha value is -3.12. The molecular formula is C26H23ClN2O4. The van der Waals surface area contributed by atoms with Crippen LogP contribution >= 0.6 is 11.6 Å². The topological polar surface area (TPSA) is 66.9 Å². The summed E-state index contributed by atoms with van der Waals surface area (Å²) in [4.78, 5) is 43.4. The molecule has 0 aromatic heterocycles. The van der Waals surface area contributed by atoms with Crippen LogP contribution in [0.5, 0.6) is 5.75 Å². The Balaban J connectivity index is 1.36. The first-order valence-corrected chi connectivity index (χ1v) is 11.6. The molecule has 1 aliphatic heterocycles. The van der Waals surface area contributed by atoms with Crippen molar-refractivity contribution < 1.29 is 19.1 Å². The van der Waals surface area contributed by atoms with Crippen LogP contribution in [-0.2, 0) is 9.59 Å². The highest BCUT2D eigenvalue weighted by Crippen LogP contribution is 2.65. The van der Waals surface area contributed by atoms with Gasteiger partial charge < -0.3 is 4.74 Å². The summed E-state index contributed by atoms with van der Waals surface area (Å²) in [6.07, 6.45) is 5.40. The van der Waals surface area contributed by atoms with Crippen LogP contribution in [0, 0.1) is 35.5 Å².